The zero-order valence-corrected chi connectivity index (χ0v) is 16.2. The van der Waals surface area contributed by atoms with Crippen LogP contribution in [0.15, 0.2) is 53.4 Å². The summed E-state index contributed by atoms with van der Waals surface area (Å²) in [5.41, 5.74) is -0.00147. The molecule has 1 aliphatic rings. The van der Waals surface area contributed by atoms with Gasteiger partial charge in [-0.2, -0.15) is 4.31 Å². The SMILES string of the molecule is C[C@H]1CCCCN1S(=O)(=O)c1ccc(NC(=O)c2ccccc2[N+](=O)[O-])cc1. The van der Waals surface area contributed by atoms with Crippen LogP contribution in [-0.2, 0) is 10.0 Å². The normalized spacial score (nSPS) is 17.8. The third-order valence-electron chi connectivity index (χ3n) is 4.81. The molecule has 1 heterocycles. The number of carbonyl (C=O) groups is 1. The Kier molecular flexibility index (Phi) is 5.76. The van der Waals surface area contributed by atoms with Crippen LogP contribution < -0.4 is 5.32 Å². The summed E-state index contributed by atoms with van der Waals surface area (Å²) in [4.78, 5) is 23.0. The summed E-state index contributed by atoms with van der Waals surface area (Å²) in [7, 11) is -3.60. The Hall–Kier alpha value is -2.78. The van der Waals surface area contributed by atoms with Gasteiger partial charge in [-0.3, -0.25) is 14.9 Å². The fraction of sp³-hybridized carbons (Fsp3) is 0.316. The minimum Gasteiger partial charge on any atom is -0.322 e. The Morgan fingerprint density at radius 2 is 1.82 bits per heavy atom. The topological polar surface area (TPSA) is 110 Å². The number of nitro groups is 1. The number of para-hydroxylation sites is 1. The number of amides is 1. The number of benzene rings is 2. The molecule has 9 heteroatoms. The number of nitrogens with zero attached hydrogens (tertiary/aromatic N) is 2. The third-order valence-corrected chi connectivity index (χ3v) is 6.83. The van der Waals surface area contributed by atoms with Crippen molar-refractivity contribution >= 4 is 27.3 Å². The quantitative estimate of drug-likeness (QED) is 0.608. The molecule has 1 fully saturated rings. The first-order valence-electron chi connectivity index (χ1n) is 8.97. The average molecular weight is 403 g/mol. The zero-order valence-electron chi connectivity index (χ0n) is 15.4. The summed E-state index contributed by atoms with van der Waals surface area (Å²) in [6.07, 6.45) is 2.70. The first-order valence-corrected chi connectivity index (χ1v) is 10.4. The van der Waals surface area contributed by atoms with E-state index in [-0.39, 0.29) is 22.2 Å². The van der Waals surface area contributed by atoms with Crippen LogP contribution in [0.1, 0.15) is 36.5 Å². The van der Waals surface area contributed by atoms with Crippen molar-refractivity contribution < 1.29 is 18.1 Å². The Morgan fingerprint density at radius 1 is 1.14 bits per heavy atom. The van der Waals surface area contributed by atoms with Crippen molar-refractivity contribution in [1.82, 2.24) is 4.31 Å². The molecule has 3 rings (SSSR count). The van der Waals surface area contributed by atoms with Gasteiger partial charge >= 0.3 is 0 Å². The predicted octanol–water partition coefficient (Wildman–Crippen LogP) is 3.41. The highest BCUT2D eigenvalue weighted by molar-refractivity contribution is 7.89. The van der Waals surface area contributed by atoms with E-state index >= 15 is 0 Å². The van der Waals surface area contributed by atoms with E-state index < -0.39 is 20.9 Å². The second-order valence-corrected chi connectivity index (χ2v) is 8.60. The van der Waals surface area contributed by atoms with Crippen molar-refractivity contribution in [3.63, 3.8) is 0 Å². The number of rotatable bonds is 5. The van der Waals surface area contributed by atoms with Gasteiger partial charge in [-0.05, 0) is 50.1 Å². The lowest BCUT2D eigenvalue weighted by molar-refractivity contribution is -0.385. The van der Waals surface area contributed by atoms with Crippen molar-refractivity contribution in [2.45, 2.75) is 37.1 Å². The fourth-order valence-corrected chi connectivity index (χ4v) is 5.00. The second-order valence-electron chi connectivity index (χ2n) is 6.71. The van der Waals surface area contributed by atoms with Crippen molar-refractivity contribution in [3.8, 4) is 0 Å². The zero-order chi connectivity index (χ0) is 20.3. The summed E-state index contributed by atoms with van der Waals surface area (Å²) >= 11 is 0. The van der Waals surface area contributed by atoms with Gasteiger partial charge < -0.3 is 5.32 Å². The Bertz CT molecular complexity index is 989. The van der Waals surface area contributed by atoms with E-state index in [1.165, 1.54) is 52.8 Å². The van der Waals surface area contributed by atoms with Crippen molar-refractivity contribution in [2.24, 2.45) is 0 Å². The van der Waals surface area contributed by atoms with Gasteiger partial charge in [0.2, 0.25) is 10.0 Å². The number of hydrogen-bond acceptors (Lipinski definition) is 5. The van der Waals surface area contributed by atoms with Crippen molar-refractivity contribution in [1.29, 1.82) is 0 Å². The molecule has 1 amide bonds. The molecule has 1 atom stereocenters. The first-order chi connectivity index (χ1) is 13.3. The molecule has 1 aliphatic heterocycles. The first kappa shape index (κ1) is 20.0. The lowest BCUT2D eigenvalue weighted by Gasteiger charge is -2.32. The smallest absolute Gasteiger partial charge is 0.282 e. The van der Waals surface area contributed by atoms with E-state index in [4.69, 9.17) is 0 Å². The van der Waals surface area contributed by atoms with Gasteiger partial charge in [-0.1, -0.05) is 18.6 Å². The standard InChI is InChI=1S/C19H21N3O5S/c1-14-6-4-5-13-21(14)28(26,27)16-11-9-15(10-12-16)20-19(23)17-7-2-3-8-18(17)22(24)25/h2-3,7-12,14H,4-6,13H2,1H3,(H,20,23)/t14-/m0/s1. The van der Waals surface area contributed by atoms with Crippen molar-refractivity contribution in [3.05, 3.63) is 64.2 Å². The van der Waals surface area contributed by atoms with Gasteiger partial charge in [0.1, 0.15) is 5.56 Å². The van der Waals surface area contributed by atoms with Crippen LogP contribution in [0.4, 0.5) is 11.4 Å². The molecule has 0 aliphatic carbocycles. The van der Waals surface area contributed by atoms with Crippen LogP contribution in [0.2, 0.25) is 0 Å². The molecule has 0 aromatic heterocycles. The van der Waals surface area contributed by atoms with Crippen molar-refractivity contribution in [2.75, 3.05) is 11.9 Å². The summed E-state index contributed by atoms with van der Waals surface area (Å²) in [6, 6.07) is 11.4. The molecule has 0 bridgehead atoms. The monoisotopic (exact) mass is 403 g/mol. The number of anilines is 1. The number of hydrogen-bond donors (Lipinski definition) is 1. The average Bonchev–Trinajstić information content (AvgIpc) is 2.68. The molecule has 1 N–H and O–H groups in total. The maximum absolute atomic E-state index is 12.8. The van der Waals surface area contributed by atoms with Crippen LogP contribution in [-0.4, -0.2) is 36.1 Å². The maximum Gasteiger partial charge on any atom is 0.282 e. The molecule has 28 heavy (non-hydrogen) atoms. The summed E-state index contributed by atoms with van der Waals surface area (Å²) in [6.45, 7) is 2.40. The van der Waals surface area contributed by atoms with Crippen LogP contribution in [0.5, 0.6) is 0 Å². The highest BCUT2D eigenvalue weighted by atomic mass is 32.2. The van der Waals surface area contributed by atoms with E-state index in [2.05, 4.69) is 5.32 Å². The lowest BCUT2D eigenvalue weighted by Crippen LogP contribution is -2.41. The minimum atomic E-state index is -3.60. The molecule has 0 saturated carbocycles. The van der Waals surface area contributed by atoms with Gasteiger partial charge in [0, 0.05) is 24.3 Å². The van der Waals surface area contributed by atoms with Gasteiger partial charge in [0.25, 0.3) is 11.6 Å². The molecule has 148 valence electrons. The second kappa shape index (κ2) is 8.07. The molecule has 0 spiro atoms. The van der Waals surface area contributed by atoms with Gasteiger partial charge in [-0.25, -0.2) is 8.42 Å². The summed E-state index contributed by atoms with van der Waals surface area (Å²) < 4.78 is 27.2. The predicted molar refractivity (Wildman–Crippen MR) is 105 cm³/mol. The Balaban J connectivity index is 1.78. The summed E-state index contributed by atoms with van der Waals surface area (Å²) in [5.74, 6) is -0.632. The van der Waals surface area contributed by atoms with E-state index in [9.17, 15) is 23.3 Å². The minimum absolute atomic E-state index is 0.0447. The third kappa shape index (κ3) is 4.05. The highest BCUT2D eigenvalue weighted by Crippen LogP contribution is 2.26. The molecular formula is C19H21N3O5S. The summed E-state index contributed by atoms with van der Waals surface area (Å²) in [5, 5.41) is 13.6. The molecule has 0 radical (unpaired) electrons. The van der Waals surface area contributed by atoms with E-state index in [1.807, 2.05) is 6.92 Å². The van der Waals surface area contributed by atoms with E-state index in [0.717, 1.165) is 19.3 Å². The fourth-order valence-electron chi connectivity index (χ4n) is 3.30. The van der Waals surface area contributed by atoms with Crippen LogP contribution in [0, 0.1) is 10.1 Å². The Morgan fingerprint density at radius 3 is 2.46 bits per heavy atom. The number of piperidine rings is 1. The number of nitro benzene ring substituents is 1. The largest absolute Gasteiger partial charge is 0.322 e. The van der Waals surface area contributed by atoms with Crippen LogP contribution in [0.25, 0.3) is 0 Å². The molecule has 2 aromatic rings. The lowest BCUT2D eigenvalue weighted by atomic mass is 10.1. The van der Waals surface area contributed by atoms with Crippen LogP contribution in [0.3, 0.4) is 0 Å². The van der Waals surface area contributed by atoms with Crippen LogP contribution >= 0.6 is 0 Å². The molecule has 2 aromatic carbocycles. The molecular weight excluding hydrogens is 382 g/mol. The number of sulfonamides is 1. The molecule has 0 unspecified atom stereocenters. The molecule has 1 saturated heterocycles. The Labute approximate surface area is 163 Å². The van der Waals surface area contributed by atoms with Gasteiger partial charge in [0.05, 0.1) is 9.82 Å². The van der Waals surface area contributed by atoms with Gasteiger partial charge in [-0.15, -0.1) is 0 Å². The van der Waals surface area contributed by atoms with Gasteiger partial charge in [0.15, 0.2) is 0 Å². The van der Waals surface area contributed by atoms with E-state index in [0.29, 0.717) is 12.2 Å². The van der Waals surface area contributed by atoms with E-state index in [1.54, 1.807) is 0 Å². The number of nitrogens with one attached hydrogen (secondary N) is 1. The maximum atomic E-state index is 12.8. The molecule has 8 nitrogen and oxygen atoms in total. The number of carbonyl (C=O) groups excluding carboxylic acids is 1. The highest BCUT2D eigenvalue weighted by Gasteiger charge is 2.30.